The molecule has 16 aromatic rings. The zero-order valence-electron chi connectivity index (χ0n) is 78.3. The molecule has 6 atom stereocenters. The second-order valence-electron chi connectivity index (χ2n) is 35.2. The quantitative estimate of drug-likeness (QED) is 0.0413. The summed E-state index contributed by atoms with van der Waals surface area (Å²) < 4.78 is 90.6. The Labute approximate surface area is 862 Å². The Hall–Kier alpha value is -13.4. The molecule has 1 fully saturated rings. The second-order valence-corrected chi connectivity index (χ2v) is 38.3. The van der Waals surface area contributed by atoms with E-state index < -0.39 is 66.0 Å². The maximum absolute atomic E-state index is 14.7. The summed E-state index contributed by atoms with van der Waals surface area (Å²) >= 11 is 43.0. The van der Waals surface area contributed by atoms with Crippen LogP contribution in [0.25, 0.3) is 43.6 Å². The Morgan fingerprint density at radius 3 is 0.951 bits per heavy atom. The lowest BCUT2D eigenvalue weighted by Gasteiger charge is -2.35. The minimum atomic E-state index is -0.810. The Morgan fingerprint density at radius 1 is 0.375 bits per heavy atom. The number of ether oxygens (including phenoxy) is 11. The van der Waals surface area contributed by atoms with E-state index in [0.29, 0.717) is 152 Å². The Morgan fingerprint density at radius 2 is 0.660 bits per heavy atom. The van der Waals surface area contributed by atoms with Crippen molar-refractivity contribution in [2.75, 3.05) is 73.9 Å². The van der Waals surface area contributed by atoms with Gasteiger partial charge in [0, 0.05) is 141 Å². The van der Waals surface area contributed by atoms with Crippen LogP contribution in [0, 0.1) is 11.6 Å². The average molecular weight is 2090 g/mol. The number of rotatable bonds is 20. The number of nitrogens with zero attached hydrogens (tertiary/aromatic N) is 4. The molecular formula is C110H97Cl7F2N8O17. The zero-order valence-corrected chi connectivity index (χ0v) is 83.6. The lowest BCUT2D eigenvalue weighted by Crippen LogP contribution is -2.42. The number of hydrogen-bond acceptors (Lipinski definition) is 17. The van der Waals surface area contributed by atoms with E-state index >= 15 is 0 Å². The summed E-state index contributed by atoms with van der Waals surface area (Å²) in [6.07, 6.45) is 0.817. The van der Waals surface area contributed by atoms with Crippen LogP contribution in [0.5, 0.6) is 51.7 Å². The standard InChI is InChI=1S/C31H30Cl2N2O5.C28H26Cl2N2O5.C26H22ClFN2O4.C25H19Cl2FN2O3/c1-31(2)38-18-24(40-31)14-16-37-22-8-3-19(4-9-22)29-28-25(26-17-21(33)7-12-27(26)34-28)13-15-35(29)30(36)39-23-10-5-20(32)6-11-23;29-18-3-8-22(9-4-18)37-28(35)32-13-11-23-24-15-19(30)5-10-25(24)31-26(23)27(32)17-1-6-21(7-2-17)36-14-12-20(34)16-33;1-32-17-5-7-18(8-6-17)34-26(31)30-12-11-19-20-14-16(27)4-9-22(20)29-24(19)25(30)15-3-10-23(33-2)21(28)13-15;1-32-22-9-2-14(12-20(22)28)24-23-18(19-13-16(27)5-8-21(19)29-23)10-11-30(24)25(31)33-17-6-3-15(26)4-7-17/h3-12,17,24,29,34H,13-16,18H2,1-2H3;1-10,15,20,27,31,33-34H,11-14,16H2;3-10,13-14,25,29H,11-12H2,1-2H3;2-9,12-13,24,29H,10-11H2,1H3/t24-,29-;20-,27-;;/m00../s1. The van der Waals surface area contributed by atoms with E-state index in [1.54, 1.807) is 154 Å². The van der Waals surface area contributed by atoms with Gasteiger partial charge in [0.1, 0.15) is 64.4 Å². The van der Waals surface area contributed by atoms with Crippen LogP contribution in [-0.2, 0) is 35.2 Å². The first kappa shape index (κ1) is 101. The highest BCUT2D eigenvalue weighted by molar-refractivity contribution is 6.33. The Balaban J connectivity index is 0.000000127. The first-order valence-electron chi connectivity index (χ1n) is 46.4. The molecule has 0 aliphatic carbocycles. The van der Waals surface area contributed by atoms with Crippen molar-refractivity contribution >= 4 is 149 Å². The highest BCUT2D eigenvalue weighted by Gasteiger charge is 2.42. The first-order valence-corrected chi connectivity index (χ1v) is 49.0. The Bertz CT molecular complexity index is 7360. The highest BCUT2D eigenvalue weighted by Crippen LogP contribution is 2.47. The number of methoxy groups -OCH3 is 3. The van der Waals surface area contributed by atoms with E-state index in [1.165, 1.54) is 26.4 Å². The van der Waals surface area contributed by atoms with Crippen LogP contribution in [0.2, 0.25) is 35.2 Å². The van der Waals surface area contributed by atoms with Crippen LogP contribution in [-0.4, -0.2) is 166 Å². The van der Waals surface area contributed by atoms with Gasteiger partial charge in [-0.05, 0) is 302 Å². The van der Waals surface area contributed by atoms with Gasteiger partial charge in [-0.2, -0.15) is 0 Å². The number of aliphatic hydroxyl groups excluding tert-OH is 2. The largest absolute Gasteiger partial charge is 0.497 e. The van der Waals surface area contributed by atoms with Crippen molar-refractivity contribution in [2.24, 2.45) is 0 Å². The molecular weight excluding hydrogens is 1990 g/mol. The van der Waals surface area contributed by atoms with Crippen molar-refractivity contribution in [1.82, 2.24) is 39.5 Å². The molecule has 0 radical (unpaired) electrons. The summed E-state index contributed by atoms with van der Waals surface area (Å²) in [7, 11) is 4.39. The summed E-state index contributed by atoms with van der Waals surface area (Å²) in [5.41, 5.74) is 14.6. The predicted molar refractivity (Wildman–Crippen MR) is 551 cm³/mol. The molecule has 0 spiro atoms. The van der Waals surface area contributed by atoms with Crippen molar-refractivity contribution in [3.8, 4) is 51.7 Å². The van der Waals surface area contributed by atoms with E-state index in [0.717, 1.165) is 112 Å². The van der Waals surface area contributed by atoms with E-state index in [9.17, 15) is 33.1 Å². The van der Waals surface area contributed by atoms with Crippen molar-refractivity contribution < 1.29 is 90.3 Å². The summed E-state index contributed by atoms with van der Waals surface area (Å²) in [4.78, 5) is 74.0. The van der Waals surface area contributed by atoms with E-state index in [2.05, 4.69) is 19.9 Å². The molecule has 0 bridgehead atoms. The maximum atomic E-state index is 14.7. The molecule has 144 heavy (non-hydrogen) atoms. The number of nitrogens with one attached hydrogen (secondary N) is 4. The number of H-pyrrole nitrogens is 4. The molecule has 6 N–H and O–H groups in total. The van der Waals surface area contributed by atoms with Crippen molar-refractivity contribution in [3.63, 3.8) is 0 Å². The van der Waals surface area contributed by atoms with Gasteiger partial charge in [-0.3, -0.25) is 19.6 Å². The summed E-state index contributed by atoms with van der Waals surface area (Å²) in [6, 6.07) is 72.3. The molecule has 34 heteroatoms. The van der Waals surface area contributed by atoms with Crippen LogP contribution < -0.4 is 42.6 Å². The van der Waals surface area contributed by atoms with Crippen molar-refractivity contribution in [3.05, 3.63) is 369 Å². The van der Waals surface area contributed by atoms with Gasteiger partial charge in [0.15, 0.2) is 28.9 Å². The van der Waals surface area contributed by atoms with Gasteiger partial charge in [-0.1, -0.05) is 118 Å². The SMILES string of the molecule is CC1(C)OC[C@H](CCOc2ccc([C@H]3c4[nH]c5ccc(Cl)cc5c4CCN3C(=O)Oc3ccc(Cl)cc3)cc2)O1.COc1ccc(C2c3[nH]c4ccc(Cl)cc4c3CCN2C(=O)Oc2ccc(Cl)cc2)cc1F.COc1ccc(OC(=O)N2CCc3c([nH]c4ccc(Cl)cc34)C2c2ccc(OC)c(F)c2)cc1.O=C(Oc1ccc(Cl)cc1)N1CCc2c([nH]c3ccc(Cl)cc23)[C@@H]1c1ccc(OCC[C@H](O)CO)cc1. The van der Waals surface area contributed by atoms with Crippen LogP contribution >= 0.6 is 81.2 Å². The number of fused-ring (bicyclic) bond motifs is 12. The third-order valence-electron chi connectivity index (χ3n) is 25.7. The predicted octanol–water partition coefficient (Wildman–Crippen LogP) is 26.2. The molecule has 2 unspecified atom stereocenters. The third-order valence-corrected chi connectivity index (χ3v) is 27.4. The molecule has 25 nitrogen and oxygen atoms in total. The zero-order chi connectivity index (χ0) is 101. The Kier molecular flexibility index (Phi) is 31.1. The van der Waals surface area contributed by atoms with E-state index in [1.807, 2.05) is 129 Å². The summed E-state index contributed by atoms with van der Waals surface area (Å²) in [5, 5.41) is 26.8. The fourth-order valence-electron chi connectivity index (χ4n) is 18.8. The molecule has 1 saturated heterocycles. The van der Waals surface area contributed by atoms with Crippen LogP contribution in [0.15, 0.2) is 255 Å². The third kappa shape index (κ3) is 22.7. The number of aliphatic hydroxyl groups is 2. The first-order chi connectivity index (χ1) is 69.6. The monoisotopic (exact) mass is 2080 g/mol. The number of halogens is 9. The number of hydrogen-bond donors (Lipinski definition) is 6. The topological polar surface area (TPSA) is 286 Å². The number of carbonyl (C=O) groups excluding carboxylic acids is 4. The van der Waals surface area contributed by atoms with Gasteiger partial charge in [0.05, 0.1) is 60.0 Å². The molecule has 4 aromatic heterocycles. The molecule has 0 saturated carbocycles. The van der Waals surface area contributed by atoms with Crippen LogP contribution in [0.3, 0.4) is 0 Å². The van der Waals surface area contributed by atoms with Crippen LogP contribution in [0.1, 0.15) is 118 Å². The minimum Gasteiger partial charge on any atom is -0.497 e. The lowest BCUT2D eigenvalue weighted by molar-refractivity contribution is -0.139. The number of carbonyl (C=O) groups is 4. The molecule has 4 amide bonds. The molecule has 21 rings (SSSR count). The molecule has 9 heterocycles. The normalized spacial score (nSPS) is 16.7. The lowest BCUT2D eigenvalue weighted by atomic mass is 9.92. The molecule has 5 aliphatic rings. The fraction of sp³-hybridized carbons (Fsp3) is 0.236. The van der Waals surface area contributed by atoms with Gasteiger partial charge >= 0.3 is 24.4 Å². The fourth-order valence-corrected chi connectivity index (χ4v) is 19.9. The maximum Gasteiger partial charge on any atom is 0.416 e. The number of benzene rings is 12. The minimum absolute atomic E-state index is 0.0191. The van der Waals surface area contributed by atoms with Gasteiger partial charge < -0.3 is 82.3 Å². The van der Waals surface area contributed by atoms with Gasteiger partial charge in [-0.15, -0.1) is 0 Å². The summed E-state index contributed by atoms with van der Waals surface area (Å²) in [6.45, 7) is 6.61. The van der Waals surface area contributed by atoms with Crippen LogP contribution in [0.4, 0.5) is 28.0 Å². The molecule has 12 aromatic carbocycles. The number of aromatic amines is 4. The number of amides is 4. The smallest absolute Gasteiger partial charge is 0.416 e. The average Bonchev–Trinajstić information content (AvgIpc) is 1.60. The highest BCUT2D eigenvalue weighted by atomic mass is 35.5. The van der Waals surface area contributed by atoms with Gasteiger partial charge in [-0.25, -0.2) is 28.0 Å². The molecule has 5 aliphatic heterocycles. The van der Waals surface area contributed by atoms with Crippen molar-refractivity contribution in [2.45, 2.75) is 94.5 Å². The van der Waals surface area contributed by atoms with Crippen molar-refractivity contribution in [1.29, 1.82) is 0 Å². The second kappa shape index (κ2) is 44.5. The van der Waals surface area contributed by atoms with E-state index in [-0.39, 0.29) is 36.9 Å². The van der Waals surface area contributed by atoms with E-state index in [4.69, 9.17) is 138 Å². The number of aromatic nitrogens is 4. The van der Waals surface area contributed by atoms with Gasteiger partial charge in [0.2, 0.25) is 0 Å². The summed E-state index contributed by atoms with van der Waals surface area (Å²) in [5.74, 6) is 2.36. The van der Waals surface area contributed by atoms with Gasteiger partial charge in [0.25, 0.3) is 0 Å². The molecule has 742 valence electrons.